The van der Waals surface area contributed by atoms with E-state index in [4.69, 9.17) is 9.47 Å². The Balaban J connectivity index is 3.11. The van der Waals surface area contributed by atoms with Crippen LogP contribution >= 0.6 is 0 Å². The molecule has 1 rings (SSSR count). The van der Waals surface area contributed by atoms with Crippen molar-refractivity contribution in [2.75, 3.05) is 14.2 Å². The van der Waals surface area contributed by atoms with Gasteiger partial charge in [-0.2, -0.15) is 4.98 Å². The predicted octanol–water partition coefficient (Wildman–Crippen LogP) is 1.75. The first-order valence-corrected chi connectivity index (χ1v) is 5.58. The lowest BCUT2D eigenvalue weighted by Gasteiger charge is -2.25. The summed E-state index contributed by atoms with van der Waals surface area (Å²) in [5.74, 6) is 1.01. The lowest BCUT2D eigenvalue weighted by molar-refractivity contribution is 0.0272. The summed E-state index contributed by atoms with van der Waals surface area (Å²) in [6, 6.07) is 0. The number of methoxy groups -OCH3 is 2. The molecule has 0 aliphatic carbocycles. The molecule has 96 valence electrons. The highest BCUT2D eigenvalue weighted by atomic mass is 16.5. The summed E-state index contributed by atoms with van der Waals surface area (Å²) in [7, 11) is 3.01. The van der Waals surface area contributed by atoms with E-state index in [1.165, 1.54) is 20.4 Å². The van der Waals surface area contributed by atoms with E-state index in [2.05, 4.69) is 9.97 Å². The van der Waals surface area contributed by atoms with Crippen molar-refractivity contribution in [2.24, 2.45) is 5.92 Å². The highest BCUT2D eigenvalue weighted by Gasteiger charge is 2.30. The van der Waals surface area contributed by atoms with Gasteiger partial charge < -0.3 is 14.6 Å². The summed E-state index contributed by atoms with van der Waals surface area (Å²) < 4.78 is 10.1. The number of aliphatic hydroxyl groups is 1. The maximum absolute atomic E-state index is 10.4. The first-order chi connectivity index (χ1) is 7.90. The normalized spacial score (nSPS) is 14.5. The van der Waals surface area contributed by atoms with Gasteiger partial charge in [-0.25, -0.2) is 4.98 Å². The number of rotatable bonds is 5. The zero-order valence-electron chi connectivity index (χ0n) is 11.0. The maximum Gasteiger partial charge on any atom is 0.241 e. The maximum atomic E-state index is 10.4. The zero-order chi connectivity index (χ0) is 13.1. The molecule has 1 unspecified atom stereocenters. The summed E-state index contributed by atoms with van der Waals surface area (Å²) in [5, 5.41) is 10.4. The van der Waals surface area contributed by atoms with Crippen LogP contribution in [-0.4, -0.2) is 29.3 Å². The molecule has 0 saturated heterocycles. The Labute approximate surface area is 102 Å². The van der Waals surface area contributed by atoms with Crippen molar-refractivity contribution in [2.45, 2.75) is 32.8 Å². The van der Waals surface area contributed by atoms with Crippen LogP contribution in [0.4, 0.5) is 0 Å². The van der Waals surface area contributed by atoms with Gasteiger partial charge >= 0.3 is 0 Å². The Morgan fingerprint density at radius 2 is 2.00 bits per heavy atom. The van der Waals surface area contributed by atoms with Crippen LogP contribution in [0.1, 0.15) is 32.9 Å². The average Bonchev–Trinajstić information content (AvgIpc) is 2.26. The first-order valence-electron chi connectivity index (χ1n) is 5.58. The summed E-state index contributed by atoms with van der Waals surface area (Å²) in [4.78, 5) is 8.30. The van der Waals surface area contributed by atoms with Gasteiger partial charge in [0.25, 0.3) is 0 Å². The average molecular weight is 240 g/mol. The van der Waals surface area contributed by atoms with E-state index < -0.39 is 5.60 Å². The lowest BCUT2D eigenvalue weighted by Crippen LogP contribution is -2.26. The molecule has 0 radical (unpaired) electrons. The van der Waals surface area contributed by atoms with Crippen molar-refractivity contribution in [3.8, 4) is 11.8 Å². The molecule has 5 nitrogen and oxygen atoms in total. The highest BCUT2D eigenvalue weighted by molar-refractivity contribution is 5.27. The third-order valence-electron chi connectivity index (χ3n) is 2.44. The van der Waals surface area contributed by atoms with E-state index in [-0.39, 0.29) is 0 Å². The van der Waals surface area contributed by atoms with E-state index in [1.54, 1.807) is 6.92 Å². The second-order valence-corrected chi connectivity index (χ2v) is 4.64. The van der Waals surface area contributed by atoms with E-state index in [1.807, 2.05) is 13.8 Å². The van der Waals surface area contributed by atoms with Crippen LogP contribution in [0.15, 0.2) is 6.20 Å². The molecule has 1 aromatic heterocycles. The summed E-state index contributed by atoms with van der Waals surface area (Å²) >= 11 is 0. The third-order valence-corrected chi connectivity index (χ3v) is 2.44. The van der Waals surface area contributed by atoms with E-state index in [0.29, 0.717) is 29.8 Å². The first kappa shape index (κ1) is 13.7. The fourth-order valence-corrected chi connectivity index (χ4v) is 1.86. The number of nitrogens with zero attached hydrogens (tertiary/aromatic N) is 2. The molecule has 1 N–H and O–H groups in total. The molecular formula is C12H20N2O3. The van der Waals surface area contributed by atoms with Crippen molar-refractivity contribution in [1.29, 1.82) is 0 Å². The van der Waals surface area contributed by atoms with Gasteiger partial charge in [-0.15, -0.1) is 0 Å². The molecule has 0 spiro atoms. The van der Waals surface area contributed by atoms with Gasteiger partial charge in [-0.05, 0) is 19.3 Å². The second kappa shape index (κ2) is 5.31. The van der Waals surface area contributed by atoms with Crippen LogP contribution in [0.25, 0.3) is 0 Å². The summed E-state index contributed by atoms with van der Waals surface area (Å²) in [6.07, 6.45) is 2.07. The zero-order valence-corrected chi connectivity index (χ0v) is 11.0. The lowest BCUT2D eigenvalue weighted by atomic mass is 9.91. The van der Waals surface area contributed by atoms with E-state index in [0.717, 1.165) is 0 Å². The third kappa shape index (κ3) is 3.30. The molecule has 0 saturated carbocycles. The summed E-state index contributed by atoms with van der Waals surface area (Å²) in [5.41, 5.74) is -0.617. The Kier molecular flexibility index (Phi) is 4.28. The minimum Gasteiger partial charge on any atom is -0.480 e. The largest absolute Gasteiger partial charge is 0.480 e. The standard InChI is InChI=1S/C12H20N2O3/c1-8(2)6-12(3,15)10-11(17-5)14-9(16-4)7-13-10/h7-8,15H,6H2,1-5H3. The predicted molar refractivity (Wildman–Crippen MR) is 64.2 cm³/mol. The van der Waals surface area contributed by atoms with Gasteiger partial charge in [-0.3, -0.25) is 0 Å². The van der Waals surface area contributed by atoms with Crippen LogP contribution in [0.3, 0.4) is 0 Å². The molecule has 0 fully saturated rings. The molecule has 1 aromatic rings. The van der Waals surface area contributed by atoms with Crippen molar-refractivity contribution < 1.29 is 14.6 Å². The van der Waals surface area contributed by atoms with Gasteiger partial charge in [0.2, 0.25) is 11.8 Å². The monoisotopic (exact) mass is 240 g/mol. The van der Waals surface area contributed by atoms with Crippen LogP contribution < -0.4 is 9.47 Å². The van der Waals surface area contributed by atoms with Gasteiger partial charge in [0.1, 0.15) is 11.3 Å². The van der Waals surface area contributed by atoms with E-state index >= 15 is 0 Å². The summed E-state index contributed by atoms with van der Waals surface area (Å²) in [6.45, 7) is 5.79. The van der Waals surface area contributed by atoms with Crippen LogP contribution in [0.5, 0.6) is 11.8 Å². The Morgan fingerprint density at radius 1 is 1.35 bits per heavy atom. The molecule has 5 heteroatoms. The van der Waals surface area contributed by atoms with Gasteiger partial charge in [-0.1, -0.05) is 13.8 Å². The molecule has 0 aromatic carbocycles. The van der Waals surface area contributed by atoms with Gasteiger partial charge in [0.05, 0.1) is 20.4 Å². The van der Waals surface area contributed by atoms with Crippen molar-refractivity contribution >= 4 is 0 Å². The van der Waals surface area contributed by atoms with Crippen molar-refractivity contribution in [3.05, 3.63) is 11.9 Å². The van der Waals surface area contributed by atoms with Gasteiger partial charge in [0, 0.05) is 0 Å². The smallest absolute Gasteiger partial charge is 0.241 e. The Morgan fingerprint density at radius 3 is 2.47 bits per heavy atom. The number of hydrogen-bond acceptors (Lipinski definition) is 5. The topological polar surface area (TPSA) is 64.5 Å². The number of aromatic nitrogens is 2. The minimum absolute atomic E-state index is 0.301. The Hall–Kier alpha value is -1.36. The molecule has 0 aliphatic rings. The van der Waals surface area contributed by atoms with Gasteiger partial charge in [0.15, 0.2) is 0 Å². The molecule has 0 aliphatic heterocycles. The molecule has 1 heterocycles. The quantitative estimate of drug-likeness (QED) is 0.849. The van der Waals surface area contributed by atoms with Crippen LogP contribution in [0.2, 0.25) is 0 Å². The van der Waals surface area contributed by atoms with Crippen LogP contribution in [-0.2, 0) is 5.60 Å². The second-order valence-electron chi connectivity index (χ2n) is 4.64. The van der Waals surface area contributed by atoms with E-state index in [9.17, 15) is 5.11 Å². The number of ether oxygens (including phenoxy) is 2. The highest BCUT2D eigenvalue weighted by Crippen LogP contribution is 2.32. The molecule has 0 amide bonds. The minimum atomic E-state index is -1.06. The fourth-order valence-electron chi connectivity index (χ4n) is 1.86. The number of hydrogen-bond donors (Lipinski definition) is 1. The van der Waals surface area contributed by atoms with Crippen molar-refractivity contribution in [3.63, 3.8) is 0 Å². The Bertz CT molecular complexity index is 378. The fraction of sp³-hybridized carbons (Fsp3) is 0.667. The molecule has 17 heavy (non-hydrogen) atoms. The van der Waals surface area contributed by atoms with Crippen molar-refractivity contribution in [1.82, 2.24) is 9.97 Å². The molecular weight excluding hydrogens is 220 g/mol. The molecule has 0 bridgehead atoms. The molecule has 1 atom stereocenters. The van der Waals surface area contributed by atoms with Crippen LogP contribution in [0, 0.1) is 5.92 Å². The SMILES string of the molecule is COc1cnc(C(C)(O)CC(C)C)c(OC)n1.